The molecule has 0 aromatic carbocycles. The topological polar surface area (TPSA) is 12.0 Å². The number of hydrogen-bond donors (Lipinski definition) is 1. The van der Waals surface area contributed by atoms with E-state index in [0.717, 1.165) is 5.92 Å². The zero-order chi connectivity index (χ0) is 10.8. The van der Waals surface area contributed by atoms with Gasteiger partial charge in [-0.05, 0) is 29.0 Å². The van der Waals surface area contributed by atoms with Crippen molar-refractivity contribution in [2.24, 2.45) is 16.7 Å². The normalized spacial score (nSPS) is 23.8. The molecule has 1 fully saturated rings. The molecular weight excluding hydrogens is 190 g/mol. The quantitative estimate of drug-likeness (QED) is 0.684. The van der Waals surface area contributed by atoms with Gasteiger partial charge in [0.1, 0.15) is 0 Å². The van der Waals surface area contributed by atoms with Gasteiger partial charge in [-0.15, -0.1) is 0 Å². The van der Waals surface area contributed by atoms with Crippen LogP contribution in [0.4, 0.5) is 0 Å². The maximum absolute atomic E-state index is 3.57. The van der Waals surface area contributed by atoms with Crippen molar-refractivity contribution in [1.82, 2.24) is 5.32 Å². The minimum absolute atomic E-state index is 0.540. The maximum atomic E-state index is 3.57. The Morgan fingerprint density at radius 3 is 2.14 bits per heavy atom. The summed E-state index contributed by atoms with van der Waals surface area (Å²) in [5, 5.41) is 3.57. The molecule has 1 aliphatic rings. The highest BCUT2D eigenvalue weighted by atomic mass is 32.2. The predicted octanol–water partition coefficient (Wildman–Crippen LogP) is 3.01. The molecule has 2 heteroatoms. The van der Waals surface area contributed by atoms with Gasteiger partial charge in [-0.25, -0.2) is 0 Å². The van der Waals surface area contributed by atoms with Crippen LogP contribution in [0.25, 0.3) is 0 Å². The van der Waals surface area contributed by atoms with Crippen LogP contribution in [-0.4, -0.2) is 24.6 Å². The van der Waals surface area contributed by atoms with Crippen LogP contribution in [0.5, 0.6) is 0 Å². The van der Waals surface area contributed by atoms with Gasteiger partial charge in [-0.2, -0.15) is 11.8 Å². The van der Waals surface area contributed by atoms with E-state index in [1.807, 2.05) is 11.8 Å². The Hall–Kier alpha value is 0.310. The van der Waals surface area contributed by atoms with Gasteiger partial charge < -0.3 is 5.32 Å². The number of nitrogens with one attached hydrogen (secondary N) is 1. The van der Waals surface area contributed by atoms with E-state index < -0.39 is 0 Å². The summed E-state index contributed by atoms with van der Waals surface area (Å²) in [5.41, 5.74) is 1.08. The van der Waals surface area contributed by atoms with Gasteiger partial charge in [0.15, 0.2) is 0 Å². The molecule has 0 aromatic rings. The molecule has 0 spiro atoms. The van der Waals surface area contributed by atoms with Crippen molar-refractivity contribution in [1.29, 1.82) is 0 Å². The van der Waals surface area contributed by atoms with Gasteiger partial charge >= 0.3 is 0 Å². The van der Waals surface area contributed by atoms with E-state index in [4.69, 9.17) is 0 Å². The standard InChI is InChI=1S/C12H25NS/c1-6-14-8-7-13-9-10-11(2,3)12(10,4)5/h10,13H,6-9H2,1-5H3. The van der Waals surface area contributed by atoms with E-state index in [0.29, 0.717) is 10.8 Å². The van der Waals surface area contributed by atoms with Crippen LogP contribution < -0.4 is 5.32 Å². The monoisotopic (exact) mass is 215 g/mol. The second kappa shape index (κ2) is 4.44. The molecule has 84 valence electrons. The molecule has 1 N–H and O–H groups in total. The fourth-order valence-electron chi connectivity index (χ4n) is 2.38. The summed E-state index contributed by atoms with van der Waals surface area (Å²) in [6, 6.07) is 0. The summed E-state index contributed by atoms with van der Waals surface area (Å²) in [5.74, 6) is 3.35. The number of thioether (sulfide) groups is 1. The van der Waals surface area contributed by atoms with E-state index in [1.54, 1.807) is 0 Å². The van der Waals surface area contributed by atoms with Gasteiger partial charge in [0.2, 0.25) is 0 Å². The Kier molecular flexibility index (Phi) is 3.93. The molecule has 0 saturated heterocycles. The zero-order valence-electron chi connectivity index (χ0n) is 10.3. The molecule has 0 unspecified atom stereocenters. The third-order valence-electron chi connectivity index (χ3n) is 4.30. The summed E-state index contributed by atoms with van der Waals surface area (Å²) in [6.07, 6.45) is 0. The van der Waals surface area contributed by atoms with Crippen molar-refractivity contribution in [3.05, 3.63) is 0 Å². The Balaban J connectivity index is 2.10. The van der Waals surface area contributed by atoms with Gasteiger partial charge in [-0.3, -0.25) is 0 Å². The Morgan fingerprint density at radius 1 is 1.14 bits per heavy atom. The highest BCUT2D eigenvalue weighted by molar-refractivity contribution is 7.99. The van der Waals surface area contributed by atoms with E-state index in [2.05, 4.69) is 39.9 Å². The molecule has 1 saturated carbocycles. The SMILES string of the molecule is CCSCCNCC1C(C)(C)C1(C)C. The molecule has 0 atom stereocenters. The van der Waals surface area contributed by atoms with Crippen molar-refractivity contribution < 1.29 is 0 Å². The molecule has 1 aliphatic carbocycles. The smallest absolute Gasteiger partial charge is 0.00580 e. The Bertz CT molecular complexity index is 173. The van der Waals surface area contributed by atoms with Crippen molar-refractivity contribution in [2.75, 3.05) is 24.6 Å². The van der Waals surface area contributed by atoms with Gasteiger partial charge in [0, 0.05) is 12.3 Å². The lowest BCUT2D eigenvalue weighted by Crippen LogP contribution is -2.22. The number of hydrogen-bond acceptors (Lipinski definition) is 2. The molecule has 0 amide bonds. The average molecular weight is 215 g/mol. The molecule has 0 heterocycles. The fraction of sp³-hybridized carbons (Fsp3) is 1.00. The van der Waals surface area contributed by atoms with Crippen LogP contribution in [0.3, 0.4) is 0 Å². The summed E-state index contributed by atoms with van der Waals surface area (Å²) in [6.45, 7) is 14.1. The van der Waals surface area contributed by atoms with Crippen LogP contribution in [-0.2, 0) is 0 Å². The second-order valence-electron chi connectivity index (χ2n) is 5.40. The number of rotatable bonds is 6. The van der Waals surface area contributed by atoms with Crippen LogP contribution >= 0.6 is 11.8 Å². The lowest BCUT2D eigenvalue weighted by atomic mass is 10.0. The van der Waals surface area contributed by atoms with Gasteiger partial charge in [-0.1, -0.05) is 34.6 Å². The Labute approximate surface area is 93.4 Å². The summed E-state index contributed by atoms with van der Waals surface area (Å²) in [7, 11) is 0. The van der Waals surface area contributed by atoms with Crippen LogP contribution in [0, 0.1) is 16.7 Å². The fourth-order valence-corrected chi connectivity index (χ4v) is 2.96. The molecule has 0 aromatic heterocycles. The first-order valence-electron chi connectivity index (χ1n) is 5.73. The van der Waals surface area contributed by atoms with Gasteiger partial charge in [0.05, 0.1) is 0 Å². The summed E-state index contributed by atoms with van der Waals surface area (Å²) < 4.78 is 0. The molecule has 1 rings (SSSR count). The van der Waals surface area contributed by atoms with Gasteiger partial charge in [0.25, 0.3) is 0 Å². The Morgan fingerprint density at radius 2 is 1.71 bits per heavy atom. The lowest BCUT2D eigenvalue weighted by molar-refractivity contribution is 0.457. The maximum Gasteiger partial charge on any atom is 0.00580 e. The molecule has 0 radical (unpaired) electrons. The van der Waals surface area contributed by atoms with E-state index in [9.17, 15) is 0 Å². The minimum Gasteiger partial charge on any atom is -0.316 e. The minimum atomic E-state index is 0.540. The van der Waals surface area contributed by atoms with Crippen LogP contribution in [0.2, 0.25) is 0 Å². The first kappa shape index (κ1) is 12.4. The molecule has 14 heavy (non-hydrogen) atoms. The first-order chi connectivity index (χ1) is 6.44. The summed E-state index contributed by atoms with van der Waals surface area (Å²) in [4.78, 5) is 0. The average Bonchev–Trinajstić information content (AvgIpc) is 2.46. The van der Waals surface area contributed by atoms with E-state index >= 15 is 0 Å². The highest BCUT2D eigenvalue weighted by Crippen LogP contribution is 2.67. The third-order valence-corrected chi connectivity index (χ3v) is 5.20. The first-order valence-corrected chi connectivity index (χ1v) is 6.88. The van der Waals surface area contributed by atoms with Crippen molar-refractivity contribution in [2.45, 2.75) is 34.6 Å². The van der Waals surface area contributed by atoms with Crippen molar-refractivity contribution >= 4 is 11.8 Å². The van der Waals surface area contributed by atoms with E-state index in [-0.39, 0.29) is 0 Å². The van der Waals surface area contributed by atoms with Crippen LogP contribution in [0.1, 0.15) is 34.6 Å². The highest BCUT2D eigenvalue weighted by Gasteiger charge is 2.63. The van der Waals surface area contributed by atoms with Crippen molar-refractivity contribution in [3.8, 4) is 0 Å². The van der Waals surface area contributed by atoms with Crippen molar-refractivity contribution in [3.63, 3.8) is 0 Å². The molecular formula is C12H25NS. The molecule has 0 bridgehead atoms. The van der Waals surface area contributed by atoms with E-state index in [1.165, 1.54) is 24.6 Å². The van der Waals surface area contributed by atoms with Crippen LogP contribution in [0.15, 0.2) is 0 Å². The molecule has 1 nitrogen and oxygen atoms in total. The second-order valence-corrected chi connectivity index (χ2v) is 6.79. The molecule has 0 aliphatic heterocycles. The predicted molar refractivity (Wildman–Crippen MR) is 66.9 cm³/mol. The zero-order valence-corrected chi connectivity index (χ0v) is 11.1. The summed E-state index contributed by atoms with van der Waals surface area (Å²) >= 11 is 2.02. The third kappa shape index (κ3) is 2.27. The lowest BCUT2D eigenvalue weighted by Gasteiger charge is -2.04. The largest absolute Gasteiger partial charge is 0.316 e.